The highest BCUT2D eigenvalue weighted by atomic mass is 79.9. The number of hydrazone groups is 1. The predicted molar refractivity (Wildman–Crippen MR) is 138 cm³/mol. The molecule has 2 aromatic carbocycles. The number of nitrogens with zero attached hydrogens (tertiary/aromatic N) is 2. The van der Waals surface area contributed by atoms with E-state index < -0.39 is 0 Å². The van der Waals surface area contributed by atoms with Crippen molar-refractivity contribution >= 4 is 34.0 Å². The minimum Gasteiger partial charge on any atom is -0.496 e. The van der Waals surface area contributed by atoms with Crippen molar-refractivity contribution in [3.05, 3.63) is 64.1 Å². The number of benzene rings is 2. The van der Waals surface area contributed by atoms with Crippen LogP contribution in [0.25, 0.3) is 0 Å². The summed E-state index contributed by atoms with van der Waals surface area (Å²) in [6.45, 7) is 2.43. The zero-order valence-electron chi connectivity index (χ0n) is 19.6. The van der Waals surface area contributed by atoms with Gasteiger partial charge in [-0.05, 0) is 75.5 Å². The first-order chi connectivity index (χ1) is 16.6. The molecule has 0 saturated carbocycles. The third-order valence-electron chi connectivity index (χ3n) is 5.93. The molecule has 8 heteroatoms. The molecule has 1 atom stereocenters. The van der Waals surface area contributed by atoms with E-state index in [2.05, 4.69) is 36.7 Å². The molecule has 0 radical (unpaired) electrons. The largest absolute Gasteiger partial charge is 0.496 e. The quantitative estimate of drug-likeness (QED) is 0.258. The van der Waals surface area contributed by atoms with Crippen LogP contribution in [0.2, 0.25) is 0 Å². The topological polar surface area (TPSA) is 83.0 Å². The van der Waals surface area contributed by atoms with Crippen molar-refractivity contribution in [2.75, 3.05) is 26.7 Å². The molecule has 1 aliphatic rings. The zero-order chi connectivity index (χ0) is 24.2. The molecule has 1 saturated heterocycles. The van der Waals surface area contributed by atoms with Crippen LogP contribution in [0, 0.1) is 0 Å². The number of hydrogen-bond acceptors (Lipinski definition) is 5. The molecule has 0 aromatic heterocycles. The van der Waals surface area contributed by atoms with Gasteiger partial charge in [-0.2, -0.15) is 5.10 Å². The van der Waals surface area contributed by atoms with Gasteiger partial charge in [-0.3, -0.25) is 14.5 Å². The summed E-state index contributed by atoms with van der Waals surface area (Å²) in [4.78, 5) is 27.5. The highest BCUT2D eigenvalue weighted by Crippen LogP contribution is 2.21. The van der Waals surface area contributed by atoms with E-state index in [1.165, 1.54) is 6.42 Å². The number of unbranched alkanes of at least 4 members (excludes halogenated alkanes) is 1. The number of likely N-dealkylation sites (tertiary alicyclic amines) is 1. The molecule has 1 unspecified atom stereocenters. The van der Waals surface area contributed by atoms with Crippen LogP contribution in [0.4, 0.5) is 0 Å². The molecular formula is C26H33BrN4O3. The van der Waals surface area contributed by atoms with Crippen LogP contribution in [0.1, 0.15) is 54.4 Å². The van der Waals surface area contributed by atoms with Gasteiger partial charge in [0.25, 0.3) is 11.8 Å². The Bertz CT molecular complexity index is 962. The molecule has 0 aliphatic carbocycles. The molecule has 1 heterocycles. The summed E-state index contributed by atoms with van der Waals surface area (Å²) in [5, 5.41) is 7.16. The molecule has 0 bridgehead atoms. The number of carbonyl (C=O) groups is 2. The van der Waals surface area contributed by atoms with Gasteiger partial charge < -0.3 is 10.1 Å². The summed E-state index contributed by atoms with van der Waals surface area (Å²) in [6.07, 6.45) is 7.40. The average molecular weight is 529 g/mol. The van der Waals surface area contributed by atoms with E-state index >= 15 is 0 Å². The fourth-order valence-corrected chi connectivity index (χ4v) is 4.49. The number of nitrogens with one attached hydrogen (secondary N) is 2. The van der Waals surface area contributed by atoms with Gasteiger partial charge in [0.05, 0.1) is 19.4 Å². The Morgan fingerprint density at radius 3 is 2.62 bits per heavy atom. The van der Waals surface area contributed by atoms with E-state index in [0.717, 1.165) is 55.2 Å². The second-order valence-electron chi connectivity index (χ2n) is 8.35. The predicted octanol–water partition coefficient (Wildman–Crippen LogP) is 4.36. The molecule has 34 heavy (non-hydrogen) atoms. The Labute approximate surface area is 210 Å². The summed E-state index contributed by atoms with van der Waals surface area (Å²) in [6, 6.07) is 14.6. The SMILES string of the molecule is COc1ccc(Br)cc1/C=N/NC(=O)C(CCCCNC(=O)c1ccccc1)N1CCCCC1. The molecule has 1 fully saturated rings. The molecule has 2 amide bonds. The van der Waals surface area contributed by atoms with Gasteiger partial charge in [-0.25, -0.2) is 5.43 Å². The Balaban J connectivity index is 1.51. The molecule has 2 aromatic rings. The van der Waals surface area contributed by atoms with Crippen LogP contribution >= 0.6 is 15.9 Å². The first-order valence-corrected chi connectivity index (χ1v) is 12.6. The van der Waals surface area contributed by atoms with Crippen molar-refractivity contribution in [2.45, 2.75) is 44.6 Å². The van der Waals surface area contributed by atoms with Crippen molar-refractivity contribution in [1.82, 2.24) is 15.6 Å². The second kappa shape index (κ2) is 13.9. The monoisotopic (exact) mass is 528 g/mol. The smallest absolute Gasteiger partial charge is 0.257 e. The van der Waals surface area contributed by atoms with Crippen molar-refractivity contribution in [3.8, 4) is 5.75 Å². The van der Waals surface area contributed by atoms with Crippen molar-refractivity contribution in [1.29, 1.82) is 0 Å². The van der Waals surface area contributed by atoms with Crippen LogP contribution in [-0.4, -0.2) is 55.7 Å². The maximum Gasteiger partial charge on any atom is 0.257 e. The van der Waals surface area contributed by atoms with E-state index in [-0.39, 0.29) is 17.9 Å². The molecule has 3 rings (SSSR count). The summed E-state index contributed by atoms with van der Waals surface area (Å²) >= 11 is 3.45. The summed E-state index contributed by atoms with van der Waals surface area (Å²) < 4.78 is 6.27. The van der Waals surface area contributed by atoms with E-state index in [4.69, 9.17) is 4.74 Å². The Morgan fingerprint density at radius 1 is 1.12 bits per heavy atom. The number of piperidine rings is 1. The van der Waals surface area contributed by atoms with E-state index in [1.807, 2.05) is 36.4 Å². The normalized spacial score (nSPS) is 15.1. The minimum absolute atomic E-state index is 0.0664. The van der Waals surface area contributed by atoms with Crippen LogP contribution < -0.4 is 15.5 Å². The molecule has 182 valence electrons. The fourth-order valence-electron chi connectivity index (χ4n) is 4.11. The zero-order valence-corrected chi connectivity index (χ0v) is 21.2. The molecule has 2 N–H and O–H groups in total. The second-order valence-corrected chi connectivity index (χ2v) is 9.27. The van der Waals surface area contributed by atoms with Crippen molar-refractivity contribution in [3.63, 3.8) is 0 Å². The number of ether oxygens (including phenoxy) is 1. The highest BCUT2D eigenvalue weighted by Gasteiger charge is 2.26. The number of halogens is 1. The van der Waals surface area contributed by atoms with Gasteiger partial charge in [0.2, 0.25) is 0 Å². The number of carbonyl (C=O) groups excluding carboxylic acids is 2. The van der Waals surface area contributed by atoms with E-state index in [9.17, 15) is 9.59 Å². The van der Waals surface area contributed by atoms with Crippen LogP contribution in [0.3, 0.4) is 0 Å². The summed E-state index contributed by atoms with van der Waals surface area (Å²) in [7, 11) is 1.60. The Morgan fingerprint density at radius 2 is 1.88 bits per heavy atom. The number of methoxy groups -OCH3 is 1. The van der Waals surface area contributed by atoms with Gasteiger partial charge in [0.1, 0.15) is 5.75 Å². The Kier molecular flexibility index (Phi) is 10.6. The lowest BCUT2D eigenvalue weighted by molar-refractivity contribution is -0.127. The molecule has 1 aliphatic heterocycles. The van der Waals surface area contributed by atoms with Gasteiger partial charge in [-0.1, -0.05) is 40.5 Å². The van der Waals surface area contributed by atoms with E-state index in [0.29, 0.717) is 17.9 Å². The number of amides is 2. The molecule has 0 spiro atoms. The summed E-state index contributed by atoms with van der Waals surface area (Å²) in [5.74, 6) is 0.523. The van der Waals surface area contributed by atoms with Crippen molar-refractivity contribution in [2.24, 2.45) is 5.10 Å². The third kappa shape index (κ3) is 7.95. The first-order valence-electron chi connectivity index (χ1n) is 11.8. The highest BCUT2D eigenvalue weighted by molar-refractivity contribution is 9.10. The number of rotatable bonds is 11. The molecular weight excluding hydrogens is 496 g/mol. The van der Waals surface area contributed by atoms with Crippen molar-refractivity contribution < 1.29 is 14.3 Å². The van der Waals surface area contributed by atoms with E-state index in [1.54, 1.807) is 25.5 Å². The fraction of sp³-hybridized carbons (Fsp3) is 0.423. The van der Waals surface area contributed by atoms with Crippen LogP contribution in [0.15, 0.2) is 58.1 Å². The lowest BCUT2D eigenvalue weighted by Crippen LogP contribution is -2.47. The van der Waals surface area contributed by atoms with Gasteiger partial charge in [-0.15, -0.1) is 0 Å². The number of hydrogen-bond donors (Lipinski definition) is 2. The lowest BCUT2D eigenvalue weighted by atomic mass is 10.0. The maximum absolute atomic E-state index is 13.0. The minimum atomic E-state index is -0.230. The Hall–Kier alpha value is -2.71. The lowest BCUT2D eigenvalue weighted by Gasteiger charge is -2.33. The van der Waals surface area contributed by atoms with Gasteiger partial charge in [0.15, 0.2) is 0 Å². The van der Waals surface area contributed by atoms with Gasteiger partial charge in [0, 0.05) is 22.1 Å². The summed E-state index contributed by atoms with van der Waals surface area (Å²) in [5.41, 5.74) is 4.17. The van der Waals surface area contributed by atoms with Crippen LogP contribution in [0.5, 0.6) is 5.75 Å². The van der Waals surface area contributed by atoms with Crippen LogP contribution in [-0.2, 0) is 4.79 Å². The standard InChI is InChI=1S/C26H33BrN4O3/c1-34-24-14-13-22(27)18-21(24)19-29-30-26(33)23(31-16-8-3-9-17-31)12-6-7-15-28-25(32)20-10-4-2-5-11-20/h2,4-5,10-11,13-14,18-19,23H,3,6-9,12,15-17H2,1H3,(H,28,32)(H,30,33)/b29-19+. The third-order valence-corrected chi connectivity index (χ3v) is 6.42. The maximum atomic E-state index is 13.0. The first kappa shape index (κ1) is 25.9. The molecule has 7 nitrogen and oxygen atoms in total. The average Bonchev–Trinajstić information content (AvgIpc) is 2.87. The van der Waals surface area contributed by atoms with Gasteiger partial charge >= 0.3 is 0 Å².